The predicted octanol–water partition coefficient (Wildman–Crippen LogP) is 2.47. The first kappa shape index (κ1) is 11.8. The van der Waals surface area contributed by atoms with E-state index in [0.29, 0.717) is 6.04 Å². The highest BCUT2D eigenvalue weighted by atomic mass is 32.2. The number of thioether (sulfide) groups is 1. The van der Waals surface area contributed by atoms with Crippen LogP contribution in [-0.4, -0.2) is 27.1 Å². The minimum Gasteiger partial charge on any atom is -0.309 e. The highest BCUT2D eigenvalue weighted by molar-refractivity contribution is 7.99. The fourth-order valence-electron chi connectivity index (χ4n) is 2.16. The van der Waals surface area contributed by atoms with Crippen LogP contribution in [0.5, 0.6) is 0 Å². The van der Waals surface area contributed by atoms with Gasteiger partial charge in [-0.3, -0.25) is 0 Å². The number of hydrogen-bond acceptors (Lipinski definition) is 3. The van der Waals surface area contributed by atoms with Crippen molar-refractivity contribution in [2.75, 3.05) is 11.5 Å². The minimum atomic E-state index is 0.698. The van der Waals surface area contributed by atoms with Crippen LogP contribution in [0.4, 0.5) is 0 Å². The Balaban J connectivity index is 1.60. The van der Waals surface area contributed by atoms with Gasteiger partial charge in [0, 0.05) is 36.4 Å². The molecule has 1 unspecified atom stereocenters. The topological polar surface area (TPSA) is 29.9 Å². The zero-order valence-corrected chi connectivity index (χ0v) is 11.1. The van der Waals surface area contributed by atoms with E-state index in [1.165, 1.54) is 23.5 Å². The third kappa shape index (κ3) is 2.76. The maximum atomic E-state index is 4.06. The van der Waals surface area contributed by atoms with Crippen molar-refractivity contribution in [1.82, 2.24) is 14.9 Å². The van der Waals surface area contributed by atoms with Crippen molar-refractivity contribution in [1.29, 1.82) is 0 Å². The zero-order valence-electron chi connectivity index (χ0n) is 10.2. The Morgan fingerprint density at radius 2 is 2.22 bits per heavy atom. The number of imidazole rings is 1. The highest BCUT2D eigenvalue weighted by Gasteiger charge is 2.14. The molecule has 2 aromatic rings. The third-order valence-electron chi connectivity index (χ3n) is 3.26. The van der Waals surface area contributed by atoms with Crippen LogP contribution >= 0.6 is 11.8 Å². The number of nitrogens with one attached hydrogen (secondary N) is 1. The molecule has 1 aromatic heterocycles. The maximum absolute atomic E-state index is 4.06. The molecule has 1 saturated heterocycles. The van der Waals surface area contributed by atoms with E-state index >= 15 is 0 Å². The molecule has 1 N–H and O–H groups in total. The second-order valence-electron chi connectivity index (χ2n) is 4.58. The fourth-order valence-corrected chi connectivity index (χ4v) is 3.34. The Hall–Kier alpha value is -1.26. The molecular weight excluding hydrogens is 242 g/mol. The number of nitrogens with zero attached hydrogens (tertiary/aromatic N) is 2. The van der Waals surface area contributed by atoms with E-state index in [2.05, 4.69) is 34.6 Å². The van der Waals surface area contributed by atoms with Gasteiger partial charge < -0.3 is 9.88 Å². The summed E-state index contributed by atoms with van der Waals surface area (Å²) in [6.07, 6.45) is 6.89. The number of benzene rings is 1. The molecule has 3 nitrogen and oxygen atoms in total. The van der Waals surface area contributed by atoms with Gasteiger partial charge in [-0.1, -0.05) is 12.1 Å². The average molecular weight is 259 g/mol. The molecule has 3 rings (SSSR count). The van der Waals surface area contributed by atoms with Gasteiger partial charge in [-0.25, -0.2) is 4.98 Å². The van der Waals surface area contributed by atoms with Gasteiger partial charge >= 0.3 is 0 Å². The molecule has 0 bridgehead atoms. The standard InChI is InChI=1S/C14H17N3S/c1-3-14(17-7-6-15-11-17)4-2-12(1)9-16-13-5-8-18-10-13/h1-4,6-7,11,13,16H,5,8-10H2. The van der Waals surface area contributed by atoms with E-state index < -0.39 is 0 Å². The van der Waals surface area contributed by atoms with E-state index in [1.807, 2.05) is 28.9 Å². The Kier molecular flexibility index (Phi) is 3.67. The molecule has 0 saturated carbocycles. The smallest absolute Gasteiger partial charge is 0.0991 e. The first-order valence-corrected chi connectivity index (χ1v) is 7.46. The van der Waals surface area contributed by atoms with Gasteiger partial charge in [0.25, 0.3) is 0 Å². The van der Waals surface area contributed by atoms with Crippen molar-refractivity contribution < 1.29 is 0 Å². The van der Waals surface area contributed by atoms with Crippen molar-refractivity contribution in [2.24, 2.45) is 0 Å². The first-order chi connectivity index (χ1) is 8.92. The van der Waals surface area contributed by atoms with Gasteiger partial charge in [0.1, 0.15) is 0 Å². The Morgan fingerprint density at radius 1 is 1.33 bits per heavy atom. The lowest BCUT2D eigenvalue weighted by molar-refractivity contribution is 0.558. The summed E-state index contributed by atoms with van der Waals surface area (Å²) in [4.78, 5) is 4.06. The summed E-state index contributed by atoms with van der Waals surface area (Å²) in [5.74, 6) is 2.56. The van der Waals surface area contributed by atoms with Gasteiger partial charge in [0.15, 0.2) is 0 Å². The monoisotopic (exact) mass is 259 g/mol. The van der Waals surface area contributed by atoms with Gasteiger partial charge in [0.05, 0.1) is 6.33 Å². The molecule has 1 atom stereocenters. The number of hydrogen-bond donors (Lipinski definition) is 1. The molecule has 1 aliphatic heterocycles. The quantitative estimate of drug-likeness (QED) is 0.915. The molecular formula is C14H17N3S. The van der Waals surface area contributed by atoms with Crippen LogP contribution in [0.2, 0.25) is 0 Å². The van der Waals surface area contributed by atoms with Gasteiger partial charge in [0.2, 0.25) is 0 Å². The number of aromatic nitrogens is 2. The van der Waals surface area contributed by atoms with E-state index in [1.54, 1.807) is 6.20 Å². The summed E-state index contributed by atoms with van der Waals surface area (Å²) >= 11 is 2.05. The zero-order chi connectivity index (χ0) is 12.2. The molecule has 1 aromatic carbocycles. The van der Waals surface area contributed by atoms with Gasteiger partial charge in [-0.05, 0) is 29.9 Å². The summed E-state index contributed by atoms with van der Waals surface area (Å²) < 4.78 is 2.02. The summed E-state index contributed by atoms with van der Waals surface area (Å²) in [5.41, 5.74) is 2.50. The van der Waals surface area contributed by atoms with Crippen molar-refractivity contribution in [3.63, 3.8) is 0 Å². The molecule has 0 aliphatic carbocycles. The molecule has 1 fully saturated rings. The van der Waals surface area contributed by atoms with Crippen LogP contribution in [0.1, 0.15) is 12.0 Å². The van der Waals surface area contributed by atoms with Crippen LogP contribution in [0.3, 0.4) is 0 Å². The fraction of sp³-hybridized carbons (Fsp3) is 0.357. The number of rotatable bonds is 4. The summed E-state index contributed by atoms with van der Waals surface area (Å²) in [6, 6.07) is 9.35. The molecule has 94 valence electrons. The molecule has 0 radical (unpaired) electrons. The van der Waals surface area contributed by atoms with E-state index in [4.69, 9.17) is 0 Å². The molecule has 1 aliphatic rings. The lowest BCUT2D eigenvalue weighted by Gasteiger charge is -2.11. The van der Waals surface area contributed by atoms with Gasteiger partial charge in [-0.15, -0.1) is 0 Å². The van der Waals surface area contributed by atoms with Gasteiger partial charge in [-0.2, -0.15) is 11.8 Å². The summed E-state index contributed by atoms with van der Waals surface area (Å²) in [7, 11) is 0. The summed E-state index contributed by atoms with van der Waals surface area (Å²) in [5, 5.41) is 3.61. The maximum Gasteiger partial charge on any atom is 0.0991 e. The predicted molar refractivity (Wildman–Crippen MR) is 76.1 cm³/mol. The van der Waals surface area contributed by atoms with Crippen molar-refractivity contribution in [3.8, 4) is 5.69 Å². The largest absolute Gasteiger partial charge is 0.309 e. The molecule has 0 amide bonds. The Morgan fingerprint density at radius 3 is 2.89 bits per heavy atom. The Labute approximate surface area is 112 Å². The normalized spacial score (nSPS) is 19.2. The van der Waals surface area contributed by atoms with E-state index in [-0.39, 0.29) is 0 Å². The molecule has 4 heteroatoms. The Bertz CT molecular complexity index is 472. The molecule has 0 spiro atoms. The lowest BCUT2D eigenvalue weighted by Crippen LogP contribution is -2.27. The van der Waals surface area contributed by atoms with Crippen LogP contribution in [0.15, 0.2) is 43.0 Å². The SMILES string of the molecule is c1cn(-c2ccc(CNC3CCSC3)cc2)cn1. The van der Waals surface area contributed by atoms with Crippen molar-refractivity contribution >= 4 is 11.8 Å². The minimum absolute atomic E-state index is 0.698. The second kappa shape index (κ2) is 5.59. The lowest BCUT2D eigenvalue weighted by atomic mass is 10.2. The average Bonchev–Trinajstić information content (AvgIpc) is 3.10. The van der Waals surface area contributed by atoms with E-state index in [0.717, 1.165) is 12.2 Å². The highest BCUT2D eigenvalue weighted by Crippen LogP contribution is 2.17. The third-order valence-corrected chi connectivity index (χ3v) is 4.43. The second-order valence-corrected chi connectivity index (χ2v) is 5.73. The van der Waals surface area contributed by atoms with Crippen LogP contribution in [0, 0.1) is 0 Å². The van der Waals surface area contributed by atoms with Crippen molar-refractivity contribution in [2.45, 2.75) is 19.0 Å². The molecule has 2 heterocycles. The van der Waals surface area contributed by atoms with Crippen LogP contribution in [-0.2, 0) is 6.54 Å². The van der Waals surface area contributed by atoms with Crippen molar-refractivity contribution in [3.05, 3.63) is 48.5 Å². The van der Waals surface area contributed by atoms with Crippen LogP contribution < -0.4 is 5.32 Å². The molecule has 18 heavy (non-hydrogen) atoms. The summed E-state index contributed by atoms with van der Waals surface area (Å²) in [6.45, 7) is 0.968. The first-order valence-electron chi connectivity index (χ1n) is 6.30. The van der Waals surface area contributed by atoms with E-state index in [9.17, 15) is 0 Å². The van der Waals surface area contributed by atoms with Crippen LogP contribution in [0.25, 0.3) is 5.69 Å².